The van der Waals surface area contributed by atoms with Crippen LogP contribution in [0.25, 0.3) is 0 Å². The zero-order valence-corrected chi connectivity index (χ0v) is 9.59. The van der Waals surface area contributed by atoms with Crippen LogP contribution < -0.4 is 10.6 Å². The number of rotatable bonds is 4. The highest BCUT2D eigenvalue weighted by molar-refractivity contribution is 5.95. The van der Waals surface area contributed by atoms with Crippen molar-refractivity contribution in [3.05, 3.63) is 35.6 Å². The minimum atomic E-state index is -0.193. The molecule has 86 valence electrons. The maximum absolute atomic E-state index is 11.3. The number of allylic oxidation sites excluding steroid dienone is 1. The molecule has 16 heavy (non-hydrogen) atoms. The number of carbonyl (C=O) groups excluding carboxylic acids is 2. The number of carbonyl (C=O) groups is 2. The van der Waals surface area contributed by atoms with Crippen molar-refractivity contribution in [1.82, 2.24) is 10.6 Å². The Morgan fingerprint density at radius 2 is 2.31 bits per heavy atom. The highest BCUT2D eigenvalue weighted by Crippen LogP contribution is 2.14. The van der Waals surface area contributed by atoms with Gasteiger partial charge in [-0.1, -0.05) is 6.58 Å². The van der Waals surface area contributed by atoms with Crippen molar-refractivity contribution >= 4 is 11.8 Å². The van der Waals surface area contributed by atoms with E-state index in [0.29, 0.717) is 18.5 Å². The summed E-state index contributed by atoms with van der Waals surface area (Å²) in [5.41, 5.74) is 2.11. The monoisotopic (exact) mass is 220 g/mol. The predicted molar refractivity (Wildman–Crippen MR) is 62.4 cm³/mol. The Labute approximate surface area is 95.1 Å². The van der Waals surface area contributed by atoms with Crippen LogP contribution in [-0.2, 0) is 9.59 Å². The van der Waals surface area contributed by atoms with Crippen LogP contribution in [0.2, 0.25) is 0 Å². The van der Waals surface area contributed by atoms with Gasteiger partial charge in [-0.05, 0) is 31.6 Å². The smallest absolute Gasteiger partial charge is 0.250 e. The molecule has 0 aliphatic carbocycles. The van der Waals surface area contributed by atoms with Crippen LogP contribution in [-0.4, -0.2) is 18.4 Å². The van der Waals surface area contributed by atoms with Crippen LogP contribution in [0.5, 0.6) is 0 Å². The quantitative estimate of drug-likeness (QED) is 0.549. The zero-order chi connectivity index (χ0) is 12.1. The van der Waals surface area contributed by atoms with Gasteiger partial charge in [-0.15, -0.1) is 0 Å². The van der Waals surface area contributed by atoms with Crippen LogP contribution in [0.15, 0.2) is 35.6 Å². The summed E-state index contributed by atoms with van der Waals surface area (Å²) in [6, 6.07) is 0. The lowest BCUT2D eigenvalue weighted by Crippen LogP contribution is -2.23. The van der Waals surface area contributed by atoms with Gasteiger partial charge in [0, 0.05) is 24.2 Å². The molecule has 1 aliphatic heterocycles. The normalized spacial score (nSPS) is 15.5. The van der Waals surface area contributed by atoms with E-state index in [-0.39, 0.29) is 11.8 Å². The largest absolute Gasteiger partial charge is 0.352 e. The summed E-state index contributed by atoms with van der Waals surface area (Å²) in [5.74, 6) is -0.206. The van der Waals surface area contributed by atoms with E-state index in [1.54, 1.807) is 12.2 Å². The molecule has 0 aromatic carbocycles. The topological polar surface area (TPSA) is 58.2 Å². The van der Waals surface area contributed by atoms with Crippen LogP contribution in [0.4, 0.5) is 0 Å². The molecule has 4 nitrogen and oxygen atoms in total. The molecule has 1 heterocycles. The summed E-state index contributed by atoms with van der Waals surface area (Å²) in [6.07, 6.45) is 3.74. The lowest BCUT2D eigenvalue weighted by molar-refractivity contribution is -0.119. The SMILES string of the molecule is C=C(C=CC1=C(C)CC(=O)N1)C(=O)NCC. The summed E-state index contributed by atoms with van der Waals surface area (Å²) in [7, 11) is 0. The van der Waals surface area contributed by atoms with Crippen molar-refractivity contribution < 1.29 is 9.59 Å². The first-order valence-corrected chi connectivity index (χ1v) is 5.19. The molecule has 1 aliphatic rings. The third kappa shape index (κ3) is 3.08. The van der Waals surface area contributed by atoms with Gasteiger partial charge in [0.05, 0.1) is 0 Å². The average molecular weight is 220 g/mol. The Balaban J connectivity index is 2.61. The summed E-state index contributed by atoms with van der Waals surface area (Å²) in [5, 5.41) is 5.36. The summed E-state index contributed by atoms with van der Waals surface area (Å²) in [4.78, 5) is 22.4. The molecular formula is C12H16N2O2. The fraction of sp³-hybridized carbons (Fsp3) is 0.333. The first-order chi connectivity index (χ1) is 7.54. The van der Waals surface area contributed by atoms with Crippen molar-refractivity contribution in [1.29, 1.82) is 0 Å². The Kier molecular flexibility index (Phi) is 4.05. The van der Waals surface area contributed by atoms with Crippen LogP contribution >= 0.6 is 0 Å². The third-order valence-electron chi connectivity index (χ3n) is 2.24. The van der Waals surface area contributed by atoms with Gasteiger partial charge in [0.1, 0.15) is 0 Å². The molecule has 0 saturated carbocycles. The van der Waals surface area contributed by atoms with E-state index in [2.05, 4.69) is 17.2 Å². The molecule has 2 amide bonds. The van der Waals surface area contributed by atoms with Crippen molar-refractivity contribution in [2.45, 2.75) is 20.3 Å². The second kappa shape index (κ2) is 5.30. The van der Waals surface area contributed by atoms with E-state index in [1.807, 2.05) is 13.8 Å². The summed E-state index contributed by atoms with van der Waals surface area (Å²) < 4.78 is 0. The lowest BCUT2D eigenvalue weighted by atomic mass is 10.2. The van der Waals surface area contributed by atoms with Crippen LogP contribution in [0, 0.1) is 0 Å². The standard InChI is InChI=1S/C12H16N2O2/c1-4-13-12(16)8(2)5-6-10-9(3)7-11(15)14-10/h5-6H,2,4,7H2,1,3H3,(H,13,16)(H,14,15). The number of nitrogens with one attached hydrogen (secondary N) is 2. The molecule has 0 atom stereocenters. The summed E-state index contributed by atoms with van der Waals surface area (Å²) in [6.45, 7) is 7.95. The second-order valence-corrected chi connectivity index (χ2v) is 3.64. The molecule has 4 heteroatoms. The second-order valence-electron chi connectivity index (χ2n) is 3.64. The van der Waals surface area contributed by atoms with Crippen molar-refractivity contribution in [3.8, 4) is 0 Å². The van der Waals surface area contributed by atoms with E-state index in [1.165, 1.54) is 0 Å². The maximum Gasteiger partial charge on any atom is 0.250 e. The average Bonchev–Trinajstić information content (AvgIpc) is 2.54. The molecule has 0 aromatic heterocycles. The molecular weight excluding hydrogens is 204 g/mol. The van der Waals surface area contributed by atoms with E-state index in [9.17, 15) is 9.59 Å². The first kappa shape index (κ1) is 12.2. The van der Waals surface area contributed by atoms with Gasteiger partial charge in [0.15, 0.2) is 0 Å². The number of likely N-dealkylation sites (N-methyl/N-ethyl adjacent to an activating group) is 1. The number of amides is 2. The molecule has 0 radical (unpaired) electrons. The molecule has 0 bridgehead atoms. The Morgan fingerprint density at radius 1 is 1.62 bits per heavy atom. The first-order valence-electron chi connectivity index (χ1n) is 5.19. The van der Waals surface area contributed by atoms with E-state index >= 15 is 0 Å². The fourth-order valence-electron chi connectivity index (χ4n) is 1.35. The van der Waals surface area contributed by atoms with Gasteiger partial charge in [-0.3, -0.25) is 9.59 Å². The minimum absolute atomic E-state index is 0.0132. The van der Waals surface area contributed by atoms with E-state index in [0.717, 1.165) is 11.3 Å². The lowest BCUT2D eigenvalue weighted by Gasteiger charge is -2.01. The molecule has 0 fully saturated rings. The van der Waals surface area contributed by atoms with Gasteiger partial charge < -0.3 is 10.6 Å². The van der Waals surface area contributed by atoms with Crippen LogP contribution in [0.3, 0.4) is 0 Å². The minimum Gasteiger partial charge on any atom is -0.352 e. The highest BCUT2D eigenvalue weighted by Gasteiger charge is 2.15. The van der Waals surface area contributed by atoms with E-state index < -0.39 is 0 Å². The van der Waals surface area contributed by atoms with Crippen molar-refractivity contribution in [2.75, 3.05) is 6.54 Å². The Bertz CT molecular complexity index is 392. The Hall–Kier alpha value is -1.84. The van der Waals surface area contributed by atoms with Gasteiger partial charge in [-0.2, -0.15) is 0 Å². The van der Waals surface area contributed by atoms with Crippen molar-refractivity contribution in [2.24, 2.45) is 0 Å². The summed E-state index contributed by atoms with van der Waals surface area (Å²) >= 11 is 0. The molecule has 0 unspecified atom stereocenters. The zero-order valence-electron chi connectivity index (χ0n) is 9.59. The van der Waals surface area contributed by atoms with Gasteiger partial charge in [0.25, 0.3) is 5.91 Å². The Morgan fingerprint density at radius 3 is 2.81 bits per heavy atom. The molecule has 0 saturated heterocycles. The molecule has 0 aromatic rings. The third-order valence-corrected chi connectivity index (χ3v) is 2.24. The fourth-order valence-corrected chi connectivity index (χ4v) is 1.35. The van der Waals surface area contributed by atoms with Crippen LogP contribution in [0.1, 0.15) is 20.3 Å². The number of hydrogen-bond donors (Lipinski definition) is 2. The van der Waals surface area contributed by atoms with E-state index in [4.69, 9.17) is 0 Å². The molecule has 1 rings (SSSR count). The predicted octanol–water partition coefficient (Wildman–Crippen LogP) is 1.03. The van der Waals surface area contributed by atoms with Crippen molar-refractivity contribution in [3.63, 3.8) is 0 Å². The molecule has 2 N–H and O–H groups in total. The molecule has 0 spiro atoms. The highest BCUT2D eigenvalue weighted by atomic mass is 16.2. The van der Waals surface area contributed by atoms with Gasteiger partial charge in [0.2, 0.25) is 5.91 Å². The van der Waals surface area contributed by atoms with Gasteiger partial charge >= 0.3 is 0 Å². The van der Waals surface area contributed by atoms with Gasteiger partial charge in [-0.25, -0.2) is 0 Å². The maximum atomic E-state index is 11.3. The number of hydrogen-bond acceptors (Lipinski definition) is 2.